The third-order valence-electron chi connectivity index (χ3n) is 4.89. The molecule has 0 bridgehead atoms. The molecule has 8 nitrogen and oxygen atoms in total. The molecule has 2 aromatic rings. The molecule has 0 fully saturated rings. The molecule has 32 heavy (non-hydrogen) atoms. The average molecular weight is 440 g/mol. The zero-order chi connectivity index (χ0) is 23.3. The number of aliphatic carboxylic acids is 2. The number of carboxylic acid groups (broad SMARTS) is 2. The highest BCUT2D eigenvalue weighted by Crippen LogP contribution is 2.07. The number of carbonyl (C=O) groups is 4. The van der Waals surface area contributed by atoms with Crippen molar-refractivity contribution < 1.29 is 29.4 Å². The molecule has 0 aliphatic rings. The molecule has 0 spiro atoms. The van der Waals surface area contributed by atoms with Gasteiger partial charge in [-0.25, -0.2) is 9.59 Å². The molecule has 2 unspecified atom stereocenters. The minimum Gasteiger partial charge on any atom is -0.480 e. The van der Waals surface area contributed by atoms with Gasteiger partial charge in [0, 0.05) is 25.7 Å². The minimum absolute atomic E-state index is 0.0816. The van der Waals surface area contributed by atoms with Crippen LogP contribution < -0.4 is 10.6 Å². The quantitative estimate of drug-likeness (QED) is 0.353. The summed E-state index contributed by atoms with van der Waals surface area (Å²) in [5.41, 5.74) is 1.61. The van der Waals surface area contributed by atoms with Crippen LogP contribution in [0, 0.1) is 0 Å². The second-order valence-electron chi connectivity index (χ2n) is 7.50. The number of carbonyl (C=O) groups excluding carboxylic acids is 2. The highest BCUT2D eigenvalue weighted by Gasteiger charge is 2.21. The molecule has 2 atom stereocenters. The number of unbranched alkanes of at least 4 members (excludes halogenated alkanes) is 1. The van der Waals surface area contributed by atoms with Gasteiger partial charge < -0.3 is 20.8 Å². The maximum absolute atomic E-state index is 12.1. The number of amides is 2. The van der Waals surface area contributed by atoms with Crippen LogP contribution in [0.5, 0.6) is 0 Å². The Balaban J connectivity index is 1.71. The first-order chi connectivity index (χ1) is 15.3. The molecule has 0 aromatic heterocycles. The van der Waals surface area contributed by atoms with Crippen LogP contribution in [0.2, 0.25) is 0 Å². The highest BCUT2D eigenvalue weighted by molar-refractivity contribution is 5.84. The Labute approximate surface area is 186 Å². The van der Waals surface area contributed by atoms with Crippen LogP contribution in [-0.2, 0) is 32.0 Å². The number of hydrogen-bond acceptors (Lipinski definition) is 4. The Kier molecular flexibility index (Phi) is 9.90. The van der Waals surface area contributed by atoms with Crippen LogP contribution in [-0.4, -0.2) is 46.0 Å². The number of hydrogen-bond donors (Lipinski definition) is 4. The molecule has 0 aliphatic carbocycles. The summed E-state index contributed by atoms with van der Waals surface area (Å²) < 4.78 is 0. The zero-order valence-corrected chi connectivity index (χ0v) is 17.7. The lowest BCUT2D eigenvalue weighted by atomic mass is 10.1. The summed E-state index contributed by atoms with van der Waals surface area (Å²) in [6.07, 6.45) is 1.29. The van der Waals surface area contributed by atoms with Crippen molar-refractivity contribution in [3.63, 3.8) is 0 Å². The van der Waals surface area contributed by atoms with Gasteiger partial charge in [-0.2, -0.15) is 0 Å². The van der Waals surface area contributed by atoms with Crippen molar-refractivity contribution in [2.45, 2.75) is 50.6 Å². The normalized spacial score (nSPS) is 12.4. The van der Waals surface area contributed by atoms with E-state index in [-0.39, 0.29) is 25.7 Å². The Hall–Kier alpha value is -3.68. The van der Waals surface area contributed by atoms with E-state index in [0.717, 1.165) is 11.1 Å². The van der Waals surface area contributed by atoms with Crippen LogP contribution in [0.3, 0.4) is 0 Å². The molecule has 170 valence electrons. The standard InChI is InChI=1S/C24H28N2O6/c27-21(25-19(23(29)30)15-17-9-3-1-4-10-17)13-7-8-14-22(28)26-20(24(31)32)16-18-11-5-2-6-12-18/h1-6,9-12,19-20H,7-8,13-16H2,(H,25,27)(H,26,28)(H,29,30)(H,31,32). The lowest BCUT2D eigenvalue weighted by molar-refractivity contribution is -0.142. The van der Waals surface area contributed by atoms with Crippen molar-refractivity contribution >= 4 is 23.8 Å². The van der Waals surface area contributed by atoms with Crippen molar-refractivity contribution in [1.29, 1.82) is 0 Å². The van der Waals surface area contributed by atoms with E-state index >= 15 is 0 Å². The van der Waals surface area contributed by atoms with Gasteiger partial charge in [0.2, 0.25) is 11.8 Å². The Morgan fingerprint density at radius 1 is 0.625 bits per heavy atom. The molecule has 8 heteroatoms. The summed E-state index contributed by atoms with van der Waals surface area (Å²) in [5.74, 6) is -3.03. The van der Waals surface area contributed by atoms with Gasteiger partial charge in [0.15, 0.2) is 0 Å². The van der Waals surface area contributed by atoms with Crippen LogP contribution in [0.1, 0.15) is 36.8 Å². The number of carboxylic acids is 2. The van der Waals surface area contributed by atoms with Gasteiger partial charge >= 0.3 is 11.9 Å². The maximum atomic E-state index is 12.1. The predicted octanol–water partition coefficient (Wildman–Crippen LogP) is 2.17. The molecule has 0 saturated carbocycles. The molecule has 4 N–H and O–H groups in total. The number of nitrogens with one attached hydrogen (secondary N) is 2. The van der Waals surface area contributed by atoms with E-state index in [4.69, 9.17) is 0 Å². The Bertz CT molecular complexity index is 826. The smallest absolute Gasteiger partial charge is 0.326 e. The lowest BCUT2D eigenvalue weighted by Crippen LogP contribution is -2.42. The largest absolute Gasteiger partial charge is 0.480 e. The summed E-state index contributed by atoms with van der Waals surface area (Å²) in [7, 11) is 0. The van der Waals surface area contributed by atoms with Gasteiger partial charge in [-0.3, -0.25) is 9.59 Å². The maximum Gasteiger partial charge on any atom is 0.326 e. The zero-order valence-electron chi connectivity index (χ0n) is 17.7. The Morgan fingerprint density at radius 3 is 1.28 bits per heavy atom. The van der Waals surface area contributed by atoms with Crippen molar-refractivity contribution in [2.24, 2.45) is 0 Å². The number of benzene rings is 2. The summed E-state index contributed by atoms with van der Waals surface area (Å²) in [6.45, 7) is 0. The summed E-state index contributed by atoms with van der Waals surface area (Å²) in [4.78, 5) is 47.1. The van der Waals surface area contributed by atoms with Gasteiger partial charge in [0.25, 0.3) is 0 Å². The van der Waals surface area contributed by atoms with Crippen LogP contribution in [0.25, 0.3) is 0 Å². The second-order valence-corrected chi connectivity index (χ2v) is 7.50. The van der Waals surface area contributed by atoms with Crippen LogP contribution >= 0.6 is 0 Å². The van der Waals surface area contributed by atoms with Crippen molar-refractivity contribution in [2.75, 3.05) is 0 Å². The minimum atomic E-state index is -1.11. The summed E-state index contributed by atoms with van der Waals surface area (Å²) in [6, 6.07) is 16.0. The molecular formula is C24H28N2O6. The van der Waals surface area contributed by atoms with Gasteiger partial charge in [-0.15, -0.1) is 0 Å². The van der Waals surface area contributed by atoms with Gasteiger partial charge in [0.1, 0.15) is 12.1 Å². The molecule has 0 aliphatic heterocycles. The van der Waals surface area contributed by atoms with E-state index in [1.807, 2.05) is 12.1 Å². The third kappa shape index (κ3) is 8.99. The van der Waals surface area contributed by atoms with E-state index in [1.165, 1.54) is 0 Å². The van der Waals surface area contributed by atoms with Gasteiger partial charge in [-0.1, -0.05) is 60.7 Å². The third-order valence-corrected chi connectivity index (χ3v) is 4.89. The Morgan fingerprint density at radius 2 is 0.969 bits per heavy atom. The molecule has 2 aromatic carbocycles. The van der Waals surface area contributed by atoms with E-state index in [1.54, 1.807) is 48.5 Å². The number of rotatable bonds is 13. The molecule has 2 amide bonds. The van der Waals surface area contributed by atoms with E-state index in [0.29, 0.717) is 12.8 Å². The first-order valence-electron chi connectivity index (χ1n) is 10.5. The second kappa shape index (κ2) is 12.9. The monoisotopic (exact) mass is 440 g/mol. The molecule has 2 rings (SSSR count). The topological polar surface area (TPSA) is 133 Å². The molecule has 0 heterocycles. The fraction of sp³-hybridized carbons (Fsp3) is 0.333. The average Bonchev–Trinajstić information content (AvgIpc) is 2.77. The molecule has 0 radical (unpaired) electrons. The van der Waals surface area contributed by atoms with Crippen molar-refractivity contribution in [3.05, 3.63) is 71.8 Å². The van der Waals surface area contributed by atoms with Gasteiger partial charge in [0.05, 0.1) is 0 Å². The molecule has 0 saturated heterocycles. The summed E-state index contributed by atoms with van der Waals surface area (Å²) in [5, 5.41) is 23.7. The van der Waals surface area contributed by atoms with E-state index in [2.05, 4.69) is 10.6 Å². The van der Waals surface area contributed by atoms with E-state index in [9.17, 15) is 29.4 Å². The first-order valence-corrected chi connectivity index (χ1v) is 10.5. The summed E-state index contributed by atoms with van der Waals surface area (Å²) >= 11 is 0. The first kappa shape index (κ1) is 24.6. The fourth-order valence-electron chi connectivity index (χ4n) is 3.20. The highest BCUT2D eigenvalue weighted by atomic mass is 16.4. The molecular weight excluding hydrogens is 412 g/mol. The van der Waals surface area contributed by atoms with Crippen molar-refractivity contribution in [3.8, 4) is 0 Å². The van der Waals surface area contributed by atoms with Crippen LogP contribution in [0.15, 0.2) is 60.7 Å². The van der Waals surface area contributed by atoms with Crippen molar-refractivity contribution in [1.82, 2.24) is 10.6 Å². The van der Waals surface area contributed by atoms with E-state index < -0.39 is 35.8 Å². The predicted molar refractivity (Wildman–Crippen MR) is 118 cm³/mol. The lowest BCUT2D eigenvalue weighted by Gasteiger charge is -2.15. The van der Waals surface area contributed by atoms with Crippen LogP contribution in [0.4, 0.5) is 0 Å². The fourth-order valence-corrected chi connectivity index (χ4v) is 3.20. The SMILES string of the molecule is O=C(CCCCC(=O)NC(Cc1ccccc1)C(=O)O)NC(Cc1ccccc1)C(=O)O. The van der Waals surface area contributed by atoms with Gasteiger partial charge in [-0.05, 0) is 24.0 Å².